The van der Waals surface area contributed by atoms with Gasteiger partial charge in [-0.15, -0.1) is 0 Å². The van der Waals surface area contributed by atoms with E-state index in [9.17, 15) is 9.90 Å². The van der Waals surface area contributed by atoms with E-state index in [-0.39, 0.29) is 11.4 Å². The summed E-state index contributed by atoms with van der Waals surface area (Å²) in [5.74, 6) is 0.0860. The van der Waals surface area contributed by atoms with Crippen LogP contribution in [0.5, 0.6) is 5.75 Å². The van der Waals surface area contributed by atoms with E-state index in [0.29, 0.717) is 28.7 Å². The number of aromatic nitrogens is 2. The van der Waals surface area contributed by atoms with E-state index in [1.807, 2.05) is 6.07 Å². The van der Waals surface area contributed by atoms with Crippen molar-refractivity contribution in [1.82, 2.24) is 9.97 Å². The van der Waals surface area contributed by atoms with Gasteiger partial charge in [-0.3, -0.25) is 0 Å². The van der Waals surface area contributed by atoms with E-state index in [1.165, 1.54) is 19.0 Å². The fourth-order valence-electron chi connectivity index (χ4n) is 3.51. The van der Waals surface area contributed by atoms with Crippen LogP contribution in [0.2, 0.25) is 5.02 Å². The summed E-state index contributed by atoms with van der Waals surface area (Å²) in [5.41, 5.74) is 1.26. The molecule has 1 aliphatic heterocycles. The third-order valence-corrected chi connectivity index (χ3v) is 5.65. The Kier molecular flexibility index (Phi) is 4.55. The number of rotatable bonds is 6. The Morgan fingerprint density at radius 3 is 2.85 bits per heavy atom. The van der Waals surface area contributed by atoms with E-state index in [0.717, 1.165) is 25.1 Å². The Bertz CT molecular complexity index is 885. The van der Waals surface area contributed by atoms with Crippen molar-refractivity contribution in [3.63, 3.8) is 0 Å². The number of methoxy groups -OCH3 is 1. The molecule has 142 valence electrons. The second kappa shape index (κ2) is 6.88. The summed E-state index contributed by atoms with van der Waals surface area (Å²) in [4.78, 5) is 22.3. The number of carboxylic acid groups (broad SMARTS) is 1. The SMILES string of the molecule is COc1ccc(CNc2nc(N3CCC4(CC4)C3)ncc2C(=O)[O-])cc1Cl. The average molecular weight is 388 g/mol. The smallest absolute Gasteiger partial charge is 0.227 e. The minimum Gasteiger partial charge on any atom is -0.545 e. The molecule has 0 radical (unpaired) electrons. The lowest BCUT2D eigenvalue weighted by Gasteiger charge is -2.19. The maximum absolute atomic E-state index is 11.4. The molecule has 1 spiro atoms. The van der Waals surface area contributed by atoms with E-state index in [4.69, 9.17) is 16.3 Å². The molecule has 0 amide bonds. The normalized spacial score (nSPS) is 17.2. The zero-order valence-electron chi connectivity index (χ0n) is 15.0. The summed E-state index contributed by atoms with van der Waals surface area (Å²) in [6.07, 6.45) is 4.97. The molecule has 1 aromatic carbocycles. The highest BCUT2D eigenvalue weighted by Crippen LogP contribution is 2.53. The van der Waals surface area contributed by atoms with Crippen molar-refractivity contribution in [2.75, 3.05) is 30.4 Å². The molecule has 8 heteroatoms. The first-order chi connectivity index (χ1) is 13.0. The molecule has 2 heterocycles. The molecule has 0 atom stereocenters. The molecule has 2 aromatic rings. The molecule has 2 aliphatic rings. The van der Waals surface area contributed by atoms with Gasteiger partial charge >= 0.3 is 0 Å². The Morgan fingerprint density at radius 1 is 1.41 bits per heavy atom. The summed E-state index contributed by atoms with van der Waals surface area (Å²) >= 11 is 6.15. The molecule has 0 bridgehead atoms. The highest BCUT2D eigenvalue weighted by Gasteiger charge is 2.48. The Labute approximate surface area is 162 Å². The van der Waals surface area contributed by atoms with E-state index < -0.39 is 5.97 Å². The van der Waals surface area contributed by atoms with Gasteiger partial charge < -0.3 is 24.9 Å². The minimum atomic E-state index is -1.31. The van der Waals surface area contributed by atoms with Crippen LogP contribution in [-0.4, -0.2) is 36.1 Å². The summed E-state index contributed by atoms with van der Waals surface area (Å²) in [6, 6.07) is 5.39. The molecule has 1 N–H and O–H groups in total. The number of carbonyl (C=O) groups is 1. The van der Waals surface area contributed by atoms with Gasteiger partial charge in [0, 0.05) is 25.8 Å². The number of aromatic carboxylic acids is 1. The van der Waals surface area contributed by atoms with Gasteiger partial charge in [-0.05, 0) is 42.4 Å². The van der Waals surface area contributed by atoms with Crippen molar-refractivity contribution in [3.05, 3.63) is 40.5 Å². The summed E-state index contributed by atoms with van der Waals surface area (Å²) < 4.78 is 5.14. The number of nitrogens with one attached hydrogen (secondary N) is 1. The lowest BCUT2D eigenvalue weighted by molar-refractivity contribution is -0.255. The number of halogens is 1. The van der Waals surface area contributed by atoms with E-state index in [2.05, 4.69) is 20.2 Å². The van der Waals surface area contributed by atoms with Gasteiger partial charge in [-0.25, -0.2) is 4.98 Å². The second-order valence-electron chi connectivity index (χ2n) is 7.21. The topological polar surface area (TPSA) is 90.4 Å². The van der Waals surface area contributed by atoms with Crippen molar-refractivity contribution in [1.29, 1.82) is 0 Å². The molecule has 0 unspecified atom stereocenters. The molecule has 27 heavy (non-hydrogen) atoms. The van der Waals surface area contributed by atoms with Crippen LogP contribution in [0.25, 0.3) is 0 Å². The number of hydrogen-bond acceptors (Lipinski definition) is 7. The predicted octanol–water partition coefficient (Wildman–Crippen LogP) is 2.10. The number of nitrogens with zero attached hydrogens (tertiary/aromatic N) is 3. The Hall–Kier alpha value is -2.54. The maximum Gasteiger partial charge on any atom is 0.227 e. The third kappa shape index (κ3) is 3.64. The summed E-state index contributed by atoms with van der Waals surface area (Å²) in [7, 11) is 1.55. The molecular formula is C19H20ClN4O3-. The van der Waals surface area contributed by atoms with Crippen molar-refractivity contribution >= 4 is 29.3 Å². The summed E-state index contributed by atoms with van der Waals surface area (Å²) in [5, 5.41) is 15.0. The van der Waals surface area contributed by atoms with Gasteiger partial charge in [-0.1, -0.05) is 17.7 Å². The van der Waals surface area contributed by atoms with Crippen LogP contribution in [0.4, 0.5) is 11.8 Å². The van der Waals surface area contributed by atoms with Crippen LogP contribution >= 0.6 is 11.6 Å². The van der Waals surface area contributed by atoms with Gasteiger partial charge in [0.1, 0.15) is 11.6 Å². The Morgan fingerprint density at radius 2 is 2.22 bits per heavy atom. The predicted molar refractivity (Wildman–Crippen MR) is 100 cm³/mol. The van der Waals surface area contributed by atoms with Crippen molar-refractivity contribution in [2.45, 2.75) is 25.8 Å². The quantitative estimate of drug-likeness (QED) is 0.811. The van der Waals surface area contributed by atoms with Gasteiger partial charge in [0.2, 0.25) is 5.95 Å². The van der Waals surface area contributed by atoms with E-state index >= 15 is 0 Å². The first-order valence-corrected chi connectivity index (χ1v) is 9.27. The number of anilines is 2. The molecule has 7 nitrogen and oxygen atoms in total. The van der Waals surface area contributed by atoms with Gasteiger partial charge in [0.05, 0.1) is 23.7 Å². The van der Waals surface area contributed by atoms with Crippen LogP contribution in [0.15, 0.2) is 24.4 Å². The molecular weight excluding hydrogens is 368 g/mol. The number of hydrogen-bond donors (Lipinski definition) is 1. The molecule has 4 rings (SSSR count). The first kappa shape index (κ1) is 17.9. The van der Waals surface area contributed by atoms with Gasteiger partial charge in [0.25, 0.3) is 0 Å². The highest BCUT2D eigenvalue weighted by molar-refractivity contribution is 6.32. The molecule has 1 aromatic heterocycles. The van der Waals surface area contributed by atoms with E-state index in [1.54, 1.807) is 19.2 Å². The number of carboxylic acids is 1. The first-order valence-electron chi connectivity index (χ1n) is 8.89. The monoisotopic (exact) mass is 387 g/mol. The number of ether oxygens (including phenoxy) is 1. The standard InChI is InChI=1S/C19H21ClN4O3/c1-27-15-3-2-12(8-14(15)20)9-21-16-13(17(25)26)10-22-18(23-16)24-7-6-19(11-24)4-5-19/h2-3,8,10H,4-7,9,11H2,1H3,(H,25,26)(H,21,22,23)/p-1. The van der Waals surface area contributed by atoms with Gasteiger partial charge in [-0.2, -0.15) is 4.98 Å². The molecule has 1 saturated heterocycles. The number of carbonyl (C=O) groups excluding carboxylic acids is 1. The van der Waals surface area contributed by atoms with Crippen LogP contribution in [0.1, 0.15) is 35.2 Å². The molecule has 2 fully saturated rings. The van der Waals surface area contributed by atoms with Gasteiger partial charge in [0.15, 0.2) is 0 Å². The fraction of sp³-hybridized carbons (Fsp3) is 0.421. The zero-order valence-corrected chi connectivity index (χ0v) is 15.8. The van der Waals surface area contributed by atoms with Crippen LogP contribution < -0.4 is 20.1 Å². The maximum atomic E-state index is 11.4. The van der Waals surface area contributed by atoms with Crippen molar-refractivity contribution in [2.24, 2.45) is 5.41 Å². The van der Waals surface area contributed by atoms with Crippen LogP contribution in [0, 0.1) is 5.41 Å². The van der Waals surface area contributed by atoms with Crippen LogP contribution in [0.3, 0.4) is 0 Å². The number of benzene rings is 1. The lowest BCUT2D eigenvalue weighted by atomic mass is 10.1. The molecule has 1 saturated carbocycles. The summed E-state index contributed by atoms with van der Waals surface area (Å²) in [6.45, 7) is 2.20. The Balaban J connectivity index is 1.53. The van der Waals surface area contributed by atoms with Crippen molar-refractivity contribution < 1.29 is 14.6 Å². The lowest BCUT2D eigenvalue weighted by Crippen LogP contribution is -2.27. The third-order valence-electron chi connectivity index (χ3n) is 5.35. The highest BCUT2D eigenvalue weighted by atomic mass is 35.5. The van der Waals surface area contributed by atoms with Crippen molar-refractivity contribution in [3.8, 4) is 5.75 Å². The largest absolute Gasteiger partial charge is 0.545 e. The molecule has 1 aliphatic carbocycles. The average Bonchev–Trinajstić information content (AvgIpc) is 3.28. The second-order valence-corrected chi connectivity index (χ2v) is 7.62. The fourth-order valence-corrected chi connectivity index (χ4v) is 3.79. The van der Waals surface area contributed by atoms with Crippen LogP contribution in [-0.2, 0) is 6.54 Å². The zero-order chi connectivity index (χ0) is 19.0. The minimum absolute atomic E-state index is 0.0568.